The molecular weight excluding hydrogens is 234 g/mol. The fourth-order valence-corrected chi connectivity index (χ4v) is 2.52. The molecule has 96 valence electrons. The third-order valence-corrected chi connectivity index (χ3v) is 3.40. The lowest BCUT2D eigenvalue weighted by Crippen LogP contribution is -2.38. The number of nitrogens with zero attached hydrogens (tertiary/aromatic N) is 2. The van der Waals surface area contributed by atoms with Crippen LogP contribution in [0.1, 0.15) is 29.4 Å². The van der Waals surface area contributed by atoms with Crippen LogP contribution in [0.3, 0.4) is 0 Å². The molecule has 0 bridgehead atoms. The number of hydrogen-bond acceptors (Lipinski definition) is 4. The summed E-state index contributed by atoms with van der Waals surface area (Å²) in [5.41, 5.74) is 1.09. The molecule has 0 aliphatic carbocycles. The Bertz CT molecular complexity index is 368. The van der Waals surface area contributed by atoms with Gasteiger partial charge in [-0.2, -0.15) is 0 Å². The summed E-state index contributed by atoms with van der Waals surface area (Å²) in [5.74, 6) is 0.0625. The number of aromatic nitrogens is 1. The van der Waals surface area contributed by atoms with E-state index >= 15 is 0 Å². The summed E-state index contributed by atoms with van der Waals surface area (Å²) in [6.45, 7) is 9.15. The van der Waals surface area contributed by atoms with Gasteiger partial charge in [0.2, 0.25) is 5.91 Å². The molecule has 0 radical (unpaired) electrons. The van der Waals surface area contributed by atoms with Gasteiger partial charge in [0, 0.05) is 10.9 Å². The fraction of sp³-hybridized carbons (Fsp3) is 0.667. The summed E-state index contributed by atoms with van der Waals surface area (Å²) in [4.78, 5) is 19.3. The molecular formula is C12H21N3OS. The van der Waals surface area contributed by atoms with Gasteiger partial charge in [-0.05, 0) is 34.7 Å². The normalized spacial score (nSPS) is 11.2. The van der Waals surface area contributed by atoms with Crippen LogP contribution < -0.4 is 5.32 Å². The van der Waals surface area contributed by atoms with E-state index in [1.54, 1.807) is 11.3 Å². The van der Waals surface area contributed by atoms with Crippen molar-refractivity contribution in [1.82, 2.24) is 15.2 Å². The van der Waals surface area contributed by atoms with E-state index in [9.17, 15) is 4.79 Å². The first-order chi connectivity index (χ1) is 7.88. The minimum absolute atomic E-state index is 0.0625. The second kappa shape index (κ2) is 6.12. The van der Waals surface area contributed by atoms with Gasteiger partial charge in [-0.3, -0.25) is 9.69 Å². The van der Waals surface area contributed by atoms with Crippen LogP contribution in [0, 0.1) is 13.8 Å². The Kier molecular flexibility index (Phi) is 5.08. The molecule has 0 atom stereocenters. The third-order valence-electron chi connectivity index (χ3n) is 2.34. The van der Waals surface area contributed by atoms with E-state index in [0.29, 0.717) is 6.54 Å². The van der Waals surface area contributed by atoms with Gasteiger partial charge in [-0.1, -0.05) is 0 Å². The van der Waals surface area contributed by atoms with Crippen LogP contribution in [0.2, 0.25) is 0 Å². The number of thiazole rings is 1. The molecule has 1 amide bonds. The maximum atomic E-state index is 11.6. The minimum atomic E-state index is 0.0625. The van der Waals surface area contributed by atoms with E-state index in [1.807, 2.05) is 32.7 Å². The van der Waals surface area contributed by atoms with Crippen LogP contribution in [0.4, 0.5) is 0 Å². The summed E-state index contributed by atoms with van der Waals surface area (Å²) >= 11 is 1.70. The molecule has 0 aliphatic heterocycles. The minimum Gasteiger partial charge on any atom is -0.353 e. The SMILES string of the molecule is Cc1nc(CN(C)CC(=O)NC(C)C)sc1C. The lowest BCUT2D eigenvalue weighted by Gasteiger charge is -2.16. The first kappa shape index (κ1) is 14.1. The van der Waals surface area contributed by atoms with Crippen molar-refractivity contribution in [2.24, 2.45) is 0 Å². The first-order valence-corrected chi connectivity index (χ1v) is 6.61. The van der Waals surface area contributed by atoms with Crippen LogP contribution in [0.15, 0.2) is 0 Å². The summed E-state index contributed by atoms with van der Waals surface area (Å²) in [7, 11) is 1.94. The quantitative estimate of drug-likeness (QED) is 0.871. The molecule has 0 aliphatic rings. The number of likely N-dealkylation sites (N-methyl/N-ethyl adjacent to an activating group) is 1. The van der Waals surface area contributed by atoms with Crippen molar-refractivity contribution in [3.63, 3.8) is 0 Å². The number of rotatable bonds is 5. The Balaban J connectivity index is 2.44. The standard InChI is InChI=1S/C12H21N3OS/c1-8(2)13-11(16)6-15(5)7-12-14-9(3)10(4)17-12/h8H,6-7H2,1-5H3,(H,13,16). The molecule has 0 saturated carbocycles. The van der Waals surface area contributed by atoms with Gasteiger partial charge in [-0.25, -0.2) is 4.98 Å². The van der Waals surface area contributed by atoms with Crippen molar-refractivity contribution >= 4 is 17.2 Å². The molecule has 1 N–H and O–H groups in total. The molecule has 4 nitrogen and oxygen atoms in total. The molecule has 0 aromatic carbocycles. The molecule has 1 rings (SSSR count). The molecule has 1 aromatic heterocycles. The Labute approximate surface area is 107 Å². The molecule has 1 aromatic rings. The summed E-state index contributed by atoms with van der Waals surface area (Å²) in [6.07, 6.45) is 0. The van der Waals surface area contributed by atoms with E-state index in [1.165, 1.54) is 4.88 Å². The second-order valence-electron chi connectivity index (χ2n) is 4.64. The highest BCUT2D eigenvalue weighted by Crippen LogP contribution is 2.17. The summed E-state index contributed by atoms with van der Waals surface area (Å²) in [5, 5.41) is 3.95. The largest absolute Gasteiger partial charge is 0.353 e. The summed E-state index contributed by atoms with van der Waals surface area (Å²) in [6, 6.07) is 0.195. The van der Waals surface area contributed by atoms with E-state index in [4.69, 9.17) is 0 Å². The van der Waals surface area contributed by atoms with Crippen LogP contribution in [-0.4, -0.2) is 35.4 Å². The molecule has 5 heteroatoms. The zero-order valence-electron chi connectivity index (χ0n) is 11.2. The second-order valence-corrected chi connectivity index (χ2v) is 5.93. The zero-order valence-corrected chi connectivity index (χ0v) is 12.0. The predicted molar refractivity (Wildman–Crippen MR) is 71.2 cm³/mol. The van der Waals surface area contributed by atoms with Gasteiger partial charge in [0.15, 0.2) is 0 Å². The van der Waals surface area contributed by atoms with E-state index in [2.05, 4.69) is 17.2 Å². The van der Waals surface area contributed by atoms with Crippen LogP contribution in [0.25, 0.3) is 0 Å². The van der Waals surface area contributed by atoms with E-state index < -0.39 is 0 Å². The first-order valence-electron chi connectivity index (χ1n) is 5.79. The highest BCUT2D eigenvalue weighted by Gasteiger charge is 2.10. The van der Waals surface area contributed by atoms with Crippen LogP contribution in [0.5, 0.6) is 0 Å². The Hall–Kier alpha value is -0.940. The van der Waals surface area contributed by atoms with Crippen LogP contribution >= 0.6 is 11.3 Å². The Morgan fingerprint density at radius 1 is 1.47 bits per heavy atom. The maximum Gasteiger partial charge on any atom is 0.234 e. The average Bonchev–Trinajstić information content (AvgIpc) is 2.43. The van der Waals surface area contributed by atoms with Gasteiger partial charge in [0.25, 0.3) is 0 Å². The maximum absolute atomic E-state index is 11.6. The van der Waals surface area contributed by atoms with Crippen molar-refractivity contribution in [1.29, 1.82) is 0 Å². The zero-order chi connectivity index (χ0) is 13.0. The van der Waals surface area contributed by atoms with E-state index in [-0.39, 0.29) is 11.9 Å². The molecule has 0 unspecified atom stereocenters. The summed E-state index contributed by atoms with van der Waals surface area (Å²) < 4.78 is 0. The van der Waals surface area contributed by atoms with Crippen molar-refractivity contribution in [2.75, 3.05) is 13.6 Å². The third kappa shape index (κ3) is 4.83. The Morgan fingerprint density at radius 2 is 2.12 bits per heavy atom. The van der Waals surface area contributed by atoms with Gasteiger partial charge < -0.3 is 5.32 Å². The molecule has 17 heavy (non-hydrogen) atoms. The number of aryl methyl sites for hydroxylation is 2. The number of nitrogens with one attached hydrogen (secondary N) is 1. The molecule has 1 heterocycles. The van der Waals surface area contributed by atoms with Gasteiger partial charge in [0.05, 0.1) is 18.8 Å². The van der Waals surface area contributed by atoms with Crippen molar-refractivity contribution in [2.45, 2.75) is 40.3 Å². The van der Waals surface area contributed by atoms with E-state index in [0.717, 1.165) is 17.2 Å². The topological polar surface area (TPSA) is 45.2 Å². The number of hydrogen-bond donors (Lipinski definition) is 1. The Morgan fingerprint density at radius 3 is 2.59 bits per heavy atom. The fourth-order valence-electron chi connectivity index (χ4n) is 1.51. The highest BCUT2D eigenvalue weighted by atomic mass is 32.1. The molecule has 0 spiro atoms. The number of carbonyl (C=O) groups is 1. The lowest BCUT2D eigenvalue weighted by molar-refractivity contribution is -0.122. The van der Waals surface area contributed by atoms with Crippen molar-refractivity contribution in [3.05, 3.63) is 15.6 Å². The molecule has 0 saturated heterocycles. The average molecular weight is 255 g/mol. The van der Waals surface area contributed by atoms with Gasteiger partial charge in [-0.15, -0.1) is 11.3 Å². The molecule has 0 fully saturated rings. The van der Waals surface area contributed by atoms with Crippen LogP contribution in [-0.2, 0) is 11.3 Å². The number of amides is 1. The lowest BCUT2D eigenvalue weighted by atomic mass is 10.4. The van der Waals surface area contributed by atoms with Gasteiger partial charge >= 0.3 is 0 Å². The van der Waals surface area contributed by atoms with Gasteiger partial charge in [0.1, 0.15) is 5.01 Å². The highest BCUT2D eigenvalue weighted by molar-refractivity contribution is 7.11. The number of carbonyl (C=O) groups excluding carboxylic acids is 1. The van der Waals surface area contributed by atoms with Crippen molar-refractivity contribution in [3.8, 4) is 0 Å². The predicted octanol–water partition coefficient (Wildman–Crippen LogP) is 1.72. The monoisotopic (exact) mass is 255 g/mol. The van der Waals surface area contributed by atoms with Crippen molar-refractivity contribution < 1.29 is 4.79 Å². The smallest absolute Gasteiger partial charge is 0.234 e.